The normalized spacial score (nSPS) is 18.7. The summed E-state index contributed by atoms with van der Waals surface area (Å²) in [5.41, 5.74) is 6.10. The van der Waals surface area contributed by atoms with Crippen molar-refractivity contribution in [3.63, 3.8) is 0 Å². The molecule has 0 aliphatic carbocycles. The van der Waals surface area contributed by atoms with Crippen molar-refractivity contribution in [2.75, 3.05) is 0 Å². The second kappa shape index (κ2) is 6.39. The quantitative estimate of drug-likeness (QED) is 0.646. The average Bonchev–Trinajstić information content (AvgIpc) is 2.16. The van der Waals surface area contributed by atoms with Gasteiger partial charge in [-0.15, -0.1) is 0 Å². The molecule has 2 heteroatoms. The lowest BCUT2D eigenvalue weighted by Crippen LogP contribution is -2.51. The average molecular weight is 186 g/mol. The highest BCUT2D eigenvalue weighted by molar-refractivity contribution is 4.76. The van der Waals surface area contributed by atoms with Gasteiger partial charge in [-0.3, -0.25) is 4.90 Å². The maximum atomic E-state index is 6.10. The predicted molar refractivity (Wildman–Crippen MR) is 59.6 cm³/mol. The maximum absolute atomic E-state index is 6.10. The molecular formula is C11H26N2. The van der Waals surface area contributed by atoms with E-state index in [0.29, 0.717) is 12.1 Å². The first-order chi connectivity index (χ1) is 6.08. The lowest BCUT2D eigenvalue weighted by molar-refractivity contribution is 0.0895. The van der Waals surface area contributed by atoms with Gasteiger partial charge < -0.3 is 5.73 Å². The lowest BCUT2D eigenvalue weighted by atomic mass is 10.1. The van der Waals surface area contributed by atoms with Gasteiger partial charge in [0.1, 0.15) is 0 Å². The van der Waals surface area contributed by atoms with E-state index in [-0.39, 0.29) is 6.17 Å². The van der Waals surface area contributed by atoms with Crippen LogP contribution in [-0.4, -0.2) is 23.1 Å². The molecule has 2 N–H and O–H groups in total. The number of hydrogen-bond donors (Lipinski definition) is 1. The van der Waals surface area contributed by atoms with Gasteiger partial charge in [0, 0.05) is 12.1 Å². The molecule has 0 aromatic carbocycles. The molecule has 2 nitrogen and oxygen atoms in total. The van der Waals surface area contributed by atoms with Crippen molar-refractivity contribution in [2.45, 2.75) is 72.1 Å². The predicted octanol–water partition coefficient (Wildman–Crippen LogP) is 2.58. The number of rotatable bonds is 6. The molecule has 0 aromatic rings. The largest absolute Gasteiger partial charge is 0.316 e. The Hall–Kier alpha value is -0.0800. The van der Waals surface area contributed by atoms with Gasteiger partial charge in [-0.05, 0) is 33.1 Å². The number of hydrogen-bond acceptors (Lipinski definition) is 2. The summed E-state index contributed by atoms with van der Waals surface area (Å²) in [6.45, 7) is 11.1. The van der Waals surface area contributed by atoms with E-state index < -0.39 is 0 Å². The van der Waals surface area contributed by atoms with Gasteiger partial charge in [-0.2, -0.15) is 0 Å². The highest BCUT2D eigenvalue weighted by Crippen LogP contribution is 2.14. The van der Waals surface area contributed by atoms with Gasteiger partial charge in [0.25, 0.3) is 0 Å². The third-order valence-electron chi connectivity index (χ3n) is 3.00. The fraction of sp³-hybridized carbons (Fsp3) is 1.00. The molecule has 0 aromatic heterocycles. The van der Waals surface area contributed by atoms with Crippen molar-refractivity contribution in [1.29, 1.82) is 0 Å². The summed E-state index contributed by atoms with van der Waals surface area (Å²) >= 11 is 0. The molecule has 0 rings (SSSR count). The Morgan fingerprint density at radius 2 is 1.31 bits per heavy atom. The summed E-state index contributed by atoms with van der Waals surface area (Å²) in [5, 5.41) is 0. The van der Waals surface area contributed by atoms with E-state index in [2.05, 4.69) is 39.5 Å². The van der Waals surface area contributed by atoms with Crippen LogP contribution in [0, 0.1) is 0 Å². The van der Waals surface area contributed by atoms with Gasteiger partial charge >= 0.3 is 0 Å². The molecule has 0 fully saturated rings. The van der Waals surface area contributed by atoms with E-state index in [1.165, 1.54) is 12.8 Å². The van der Waals surface area contributed by atoms with Crippen LogP contribution in [0.2, 0.25) is 0 Å². The summed E-state index contributed by atoms with van der Waals surface area (Å²) in [7, 11) is 0. The molecule has 0 saturated carbocycles. The summed E-state index contributed by atoms with van der Waals surface area (Å²) in [6, 6.07) is 1.20. The van der Waals surface area contributed by atoms with Crippen LogP contribution in [0.15, 0.2) is 0 Å². The third-order valence-corrected chi connectivity index (χ3v) is 3.00. The highest BCUT2D eigenvalue weighted by Gasteiger charge is 2.22. The topological polar surface area (TPSA) is 29.3 Å². The molecule has 3 unspecified atom stereocenters. The zero-order valence-electron chi connectivity index (χ0n) is 9.88. The van der Waals surface area contributed by atoms with Crippen molar-refractivity contribution in [3.8, 4) is 0 Å². The van der Waals surface area contributed by atoms with Crippen LogP contribution < -0.4 is 5.73 Å². The maximum Gasteiger partial charge on any atom is 0.0574 e. The standard InChI is InChI=1S/C11H26N2/c1-6-9(4)13(10(5)7-2)11(12)8-3/h9-11H,6-8,12H2,1-5H3. The number of nitrogens with zero attached hydrogens (tertiary/aromatic N) is 1. The Balaban J connectivity index is 4.34. The van der Waals surface area contributed by atoms with E-state index in [1.54, 1.807) is 0 Å². The summed E-state index contributed by atoms with van der Waals surface area (Å²) in [4.78, 5) is 2.44. The first kappa shape index (κ1) is 12.9. The van der Waals surface area contributed by atoms with Crippen molar-refractivity contribution in [3.05, 3.63) is 0 Å². The lowest BCUT2D eigenvalue weighted by Gasteiger charge is -2.38. The minimum Gasteiger partial charge on any atom is -0.316 e. The van der Waals surface area contributed by atoms with Gasteiger partial charge in [0.2, 0.25) is 0 Å². The van der Waals surface area contributed by atoms with Crippen molar-refractivity contribution >= 4 is 0 Å². The SMILES string of the molecule is CCC(C)N(C(C)CC)C(N)CC. The molecular weight excluding hydrogens is 160 g/mol. The van der Waals surface area contributed by atoms with Crippen LogP contribution in [0.25, 0.3) is 0 Å². The van der Waals surface area contributed by atoms with Gasteiger partial charge in [0.15, 0.2) is 0 Å². The molecule has 0 aliphatic heterocycles. The Labute approximate surface area is 83.5 Å². The van der Waals surface area contributed by atoms with Gasteiger partial charge in [-0.25, -0.2) is 0 Å². The van der Waals surface area contributed by atoms with Crippen molar-refractivity contribution in [2.24, 2.45) is 5.73 Å². The molecule has 80 valence electrons. The zero-order chi connectivity index (χ0) is 10.4. The van der Waals surface area contributed by atoms with Crippen LogP contribution in [0.1, 0.15) is 53.9 Å². The van der Waals surface area contributed by atoms with Crippen LogP contribution in [0.3, 0.4) is 0 Å². The first-order valence-electron chi connectivity index (χ1n) is 5.61. The molecule has 0 saturated heterocycles. The Kier molecular flexibility index (Phi) is 6.35. The third kappa shape index (κ3) is 3.65. The molecule has 0 bridgehead atoms. The van der Waals surface area contributed by atoms with E-state index in [9.17, 15) is 0 Å². The highest BCUT2D eigenvalue weighted by atomic mass is 15.3. The Morgan fingerprint density at radius 1 is 0.923 bits per heavy atom. The van der Waals surface area contributed by atoms with E-state index in [1.807, 2.05) is 0 Å². The molecule has 0 radical (unpaired) electrons. The van der Waals surface area contributed by atoms with Crippen LogP contribution >= 0.6 is 0 Å². The van der Waals surface area contributed by atoms with E-state index in [0.717, 1.165) is 6.42 Å². The first-order valence-corrected chi connectivity index (χ1v) is 5.61. The molecule has 0 amide bonds. The molecule has 0 aliphatic rings. The monoisotopic (exact) mass is 186 g/mol. The van der Waals surface area contributed by atoms with Gasteiger partial charge in [-0.1, -0.05) is 20.8 Å². The molecule has 0 heterocycles. The molecule has 3 atom stereocenters. The second-order valence-electron chi connectivity index (χ2n) is 3.94. The van der Waals surface area contributed by atoms with Crippen LogP contribution in [0.5, 0.6) is 0 Å². The minimum absolute atomic E-state index is 0.227. The fourth-order valence-corrected chi connectivity index (χ4v) is 1.72. The smallest absolute Gasteiger partial charge is 0.0574 e. The zero-order valence-corrected chi connectivity index (χ0v) is 9.88. The van der Waals surface area contributed by atoms with Crippen LogP contribution in [-0.2, 0) is 0 Å². The number of nitrogens with two attached hydrogens (primary N) is 1. The minimum atomic E-state index is 0.227. The Morgan fingerprint density at radius 3 is 1.54 bits per heavy atom. The van der Waals surface area contributed by atoms with Crippen molar-refractivity contribution < 1.29 is 0 Å². The van der Waals surface area contributed by atoms with E-state index >= 15 is 0 Å². The van der Waals surface area contributed by atoms with Crippen LogP contribution in [0.4, 0.5) is 0 Å². The van der Waals surface area contributed by atoms with E-state index in [4.69, 9.17) is 5.73 Å². The second-order valence-corrected chi connectivity index (χ2v) is 3.94. The Bertz CT molecular complexity index is 101. The van der Waals surface area contributed by atoms with Crippen molar-refractivity contribution in [1.82, 2.24) is 4.90 Å². The van der Waals surface area contributed by atoms with Gasteiger partial charge in [0.05, 0.1) is 6.17 Å². The summed E-state index contributed by atoms with van der Waals surface area (Å²) < 4.78 is 0. The summed E-state index contributed by atoms with van der Waals surface area (Å²) in [6.07, 6.45) is 3.62. The molecule has 0 spiro atoms. The molecule has 13 heavy (non-hydrogen) atoms. The summed E-state index contributed by atoms with van der Waals surface area (Å²) in [5.74, 6) is 0. The fourth-order valence-electron chi connectivity index (χ4n) is 1.72.